The maximum Gasteiger partial charge on any atom is 0.0705 e. The Hall–Kier alpha value is -1.41. The zero-order chi connectivity index (χ0) is 11.0. The number of para-hydroxylation sites is 1. The number of nitrogens with two attached hydrogens (primary N) is 1. The van der Waals surface area contributed by atoms with Crippen molar-refractivity contribution in [1.82, 2.24) is 4.98 Å². The second-order valence-electron chi connectivity index (χ2n) is 4.70. The van der Waals surface area contributed by atoms with E-state index in [4.69, 9.17) is 5.73 Å². The average molecular weight is 212 g/mol. The maximum atomic E-state index is 6.27. The highest BCUT2D eigenvalue weighted by Crippen LogP contribution is 2.37. The molecular weight excluding hydrogens is 196 g/mol. The number of nitrogens with zero attached hydrogens (tertiary/aromatic N) is 1. The van der Waals surface area contributed by atoms with E-state index >= 15 is 0 Å². The molecule has 2 heteroatoms. The predicted molar refractivity (Wildman–Crippen MR) is 66.0 cm³/mol. The normalized spacial score (nSPS) is 17.6. The molecule has 2 nitrogen and oxygen atoms in total. The minimum atomic E-state index is 0.167. The van der Waals surface area contributed by atoms with Crippen molar-refractivity contribution in [3.05, 3.63) is 42.1 Å². The van der Waals surface area contributed by atoms with Gasteiger partial charge in [-0.3, -0.25) is 4.98 Å². The predicted octanol–water partition coefficient (Wildman–Crippen LogP) is 3.03. The molecule has 1 aliphatic rings. The number of hydrogen-bond acceptors (Lipinski definition) is 2. The molecule has 1 aliphatic carbocycles. The van der Waals surface area contributed by atoms with Crippen LogP contribution in [0, 0.1) is 5.92 Å². The van der Waals surface area contributed by atoms with Gasteiger partial charge in [0.1, 0.15) is 0 Å². The smallest absolute Gasteiger partial charge is 0.0705 e. The lowest BCUT2D eigenvalue weighted by atomic mass is 9.98. The topological polar surface area (TPSA) is 38.9 Å². The van der Waals surface area contributed by atoms with Crippen LogP contribution < -0.4 is 5.73 Å². The van der Waals surface area contributed by atoms with Crippen LogP contribution in [0.2, 0.25) is 0 Å². The van der Waals surface area contributed by atoms with Crippen molar-refractivity contribution in [2.24, 2.45) is 11.7 Å². The van der Waals surface area contributed by atoms with Gasteiger partial charge in [0, 0.05) is 17.6 Å². The third kappa shape index (κ3) is 1.81. The van der Waals surface area contributed by atoms with Gasteiger partial charge in [0.15, 0.2) is 0 Å². The van der Waals surface area contributed by atoms with Gasteiger partial charge in [-0.15, -0.1) is 0 Å². The Kier molecular flexibility index (Phi) is 2.37. The highest BCUT2D eigenvalue weighted by atomic mass is 14.7. The van der Waals surface area contributed by atoms with Gasteiger partial charge in [0.05, 0.1) is 5.52 Å². The van der Waals surface area contributed by atoms with Crippen LogP contribution in [0.1, 0.15) is 30.9 Å². The Morgan fingerprint density at radius 1 is 1.25 bits per heavy atom. The molecule has 0 amide bonds. The van der Waals surface area contributed by atoms with E-state index in [1.165, 1.54) is 23.8 Å². The number of aromatic nitrogens is 1. The molecule has 16 heavy (non-hydrogen) atoms. The summed E-state index contributed by atoms with van der Waals surface area (Å²) in [6.07, 6.45) is 5.70. The van der Waals surface area contributed by atoms with Crippen molar-refractivity contribution < 1.29 is 0 Å². The van der Waals surface area contributed by atoms with E-state index in [1.807, 2.05) is 18.3 Å². The van der Waals surface area contributed by atoms with Crippen LogP contribution in [0.4, 0.5) is 0 Å². The molecule has 0 saturated heterocycles. The Balaban J connectivity index is 2.00. The lowest BCUT2D eigenvalue weighted by molar-refractivity contribution is 0.600. The second-order valence-corrected chi connectivity index (χ2v) is 4.70. The number of rotatable bonds is 3. The Bertz CT molecular complexity index is 498. The van der Waals surface area contributed by atoms with Crippen LogP contribution in [-0.2, 0) is 0 Å². The van der Waals surface area contributed by atoms with E-state index in [0.29, 0.717) is 0 Å². The molecule has 1 aromatic heterocycles. The summed E-state index contributed by atoms with van der Waals surface area (Å²) in [6, 6.07) is 10.5. The molecule has 2 N–H and O–H groups in total. The summed E-state index contributed by atoms with van der Waals surface area (Å²) in [5, 5.41) is 1.21. The van der Waals surface area contributed by atoms with Gasteiger partial charge in [-0.2, -0.15) is 0 Å². The molecule has 0 aliphatic heterocycles. The van der Waals surface area contributed by atoms with Gasteiger partial charge >= 0.3 is 0 Å². The molecule has 1 aromatic carbocycles. The lowest BCUT2D eigenvalue weighted by Gasteiger charge is -2.13. The number of pyridine rings is 1. The fourth-order valence-electron chi connectivity index (χ4n) is 2.28. The van der Waals surface area contributed by atoms with Crippen molar-refractivity contribution in [1.29, 1.82) is 0 Å². The molecule has 1 saturated carbocycles. The number of fused-ring (bicyclic) bond motifs is 1. The molecule has 1 fully saturated rings. The van der Waals surface area contributed by atoms with E-state index < -0.39 is 0 Å². The van der Waals surface area contributed by atoms with Crippen LogP contribution >= 0.6 is 0 Å². The Morgan fingerprint density at radius 2 is 2.06 bits per heavy atom. The van der Waals surface area contributed by atoms with E-state index in [0.717, 1.165) is 17.9 Å². The first-order valence-electron chi connectivity index (χ1n) is 5.94. The zero-order valence-corrected chi connectivity index (χ0v) is 9.26. The summed E-state index contributed by atoms with van der Waals surface area (Å²) in [6.45, 7) is 0. The van der Waals surface area contributed by atoms with Crippen molar-refractivity contribution >= 4 is 10.9 Å². The molecule has 0 spiro atoms. The Morgan fingerprint density at radius 3 is 2.88 bits per heavy atom. The van der Waals surface area contributed by atoms with Gasteiger partial charge in [-0.25, -0.2) is 0 Å². The first kappa shape index (κ1) is 9.79. The summed E-state index contributed by atoms with van der Waals surface area (Å²) in [5.41, 5.74) is 8.57. The van der Waals surface area contributed by atoms with Crippen LogP contribution in [0.15, 0.2) is 36.5 Å². The van der Waals surface area contributed by atoms with E-state index in [2.05, 4.69) is 23.2 Å². The van der Waals surface area contributed by atoms with Crippen LogP contribution in [-0.4, -0.2) is 4.98 Å². The fourth-order valence-corrected chi connectivity index (χ4v) is 2.28. The van der Waals surface area contributed by atoms with Crippen molar-refractivity contribution in [3.63, 3.8) is 0 Å². The van der Waals surface area contributed by atoms with Gasteiger partial charge in [0.2, 0.25) is 0 Å². The molecule has 0 bridgehead atoms. The highest BCUT2D eigenvalue weighted by Gasteiger charge is 2.25. The fraction of sp³-hybridized carbons (Fsp3) is 0.357. The molecule has 3 rings (SSSR count). The van der Waals surface area contributed by atoms with Crippen molar-refractivity contribution in [2.75, 3.05) is 0 Å². The molecule has 0 unspecified atom stereocenters. The van der Waals surface area contributed by atoms with Crippen LogP contribution in [0.3, 0.4) is 0 Å². The Labute approximate surface area is 95.5 Å². The van der Waals surface area contributed by atoms with E-state index in [9.17, 15) is 0 Å². The third-order valence-electron chi connectivity index (χ3n) is 3.37. The SMILES string of the molecule is N[C@H](CC1CC1)c1ccnc2ccccc12. The second kappa shape index (κ2) is 3.87. The van der Waals surface area contributed by atoms with Gasteiger partial charge in [-0.1, -0.05) is 31.0 Å². The maximum absolute atomic E-state index is 6.27. The number of benzene rings is 1. The third-order valence-corrected chi connectivity index (χ3v) is 3.37. The monoisotopic (exact) mass is 212 g/mol. The summed E-state index contributed by atoms with van der Waals surface area (Å²) in [4.78, 5) is 4.36. The first-order valence-corrected chi connectivity index (χ1v) is 5.94. The van der Waals surface area contributed by atoms with Crippen molar-refractivity contribution in [2.45, 2.75) is 25.3 Å². The first-order chi connectivity index (χ1) is 7.84. The quantitative estimate of drug-likeness (QED) is 0.849. The summed E-state index contributed by atoms with van der Waals surface area (Å²) < 4.78 is 0. The van der Waals surface area contributed by atoms with Gasteiger partial charge in [-0.05, 0) is 30.0 Å². The van der Waals surface area contributed by atoms with Crippen LogP contribution in [0.25, 0.3) is 10.9 Å². The van der Waals surface area contributed by atoms with E-state index in [1.54, 1.807) is 0 Å². The number of hydrogen-bond donors (Lipinski definition) is 1. The molecule has 1 atom stereocenters. The summed E-state index contributed by atoms with van der Waals surface area (Å²) in [7, 11) is 0. The molecule has 2 aromatic rings. The largest absolute Gasteiger partial charge is 0.324 e. The summed E-state index contributed by atoms with van der Waals surface area (Å²) in [5.74, 6) is 0.863. The lowest BCUT2D eigenvalue weighted by Crippen LogP contribution is -2.11. The molecular formula is C14H16N2. The average Bonchev–Trinajstić information content (AvgIpc) is 3.12. The summed E-state index contributed by atoms with van der Waals surface area (Å²) >= 11 is 0. The molecule has 0 radical (unpaired) electrons. The highest BCUT2D eigenvalue weighted by molar-refractivity contribution is 5.82. The van der Waals surface area contributed by atoms with Gasteiger partial charge in [0.25, 0.3) is 0 Å². The van der Waals surface area contributed by atoms with E-state index in [-0.39, 0.29) is 6.04 Å². The van der Waals surface area contributed by atoms with Crippen LogP contribution in [0.5, 0.6) is 0 Å². The van der Waals surface area contributed by atoms with Crippen molar-refractivity contribution in [3.8, 4) is 0 Å². The zero-order valence-electron chi connectivity index (χ0n) is 9.26. The molecule has 1 heterocycles. The minimum Gasteiger partial charge on any atom is -0.324 e. The standard InChI is InChI=1S/C14H16N2/c15-13(9-10-5-6-10)11-7-8-16-14-4-2-1-3-12(11)14/h1-4,7-8,10,13H,5-6,9,15H2/t13-/m1/s1. The minimum absolute atomic E-state index is 0.167. The van der Waals surface area contributed by atoms with Gasteiger partial charge < -0.3 is 5.73 Å². The molecule has 82 valence electrons.